The summed E-state index contributed by atoms with van der Waals surface area (Å²) in [6.07, 6.45) is 7.30. The van der Waals surface area contributed by atoms with Crippen LogP contribution in [0.1, 0.15) is 76.5 Å². The third-order valence-corrected chi connectivity index (χ3v) is 8.20. The molecule has 0 N–H and O–H groups in total. The lowest BCUT2D eigenvalue weighted by Crippen LogP contribution is -2.32. The second-order valence-corrected chi connectivity index (χ2v) is 11.8. The smallest absolute Gasteiger partial charge is 0.338 e. The molecule has 0 amide bonds. The first kappa shape index (κ1) is 31.4. The zero-order chi connectivity index (χ0) is 32.2. The Morgan fingerprint density at radius 1 is 0.957 bits per heavy atom. The fourth-order valence-corrected chi connectivity index (χ4v) is 5.63. The maximum absolute atomic E-state index is 13.1. The van der Waals surface area contributed by atoms with E-state index >= 15 is 0 Å². The van der Waals surface area contributed by atoms with Crippen molar-refractivity contribution < 1.29 is 23.8 Å². The van der Waals surface area contributed by atoms with E-state index in [4.69, 9.17) is 25.8 Å². The molecule has 1 saturated heterocycles. The number of fused-ring (bicyclic) bond motifs is 1. The van der Waals surface area contributed by atoms with Crippen molar-refractivity contribution in [3.63, 3.8) is 0 Å². The molecular formula is C34H35ClN6O5. The Morgan fingerprint density at radius 3 is 2.35 bits per heavy atom. The van der Waals surface area contributed by atoms with Gasteiger partial charge in [-0.05, 0) is 56.1 Å². The standard InChI is InChI=1S/C34H35ClN6O5/c1-4-5-6-7-27-36-16-17-40(27)30-29-31(39-34(35)38-30)41(20-37-29)28-18-25(46-33(43)24-14-10-22(3)11-15-24)26(45-28)19-44-32(42)23-12-8-21(2)9-13-23/h8-17,20,25-26,28H,4-7,18-19H2,1-3H3/t25-,26+,28-/m0/s1. The second-order valence-electron chi connectivity index (χ2n) is 11.5. The van der Waals surface area contributed by atoms with E-state index in [9.17, 15) is 9.59 Å². The molecule has 5 aromatic rings. The summed E-state index contributed by atoms with van der Waals surface area (Å²) >= 11 is 6.45. The van der Waals surface area contributed by atoms with Gasteiger partial charge in [-0.15, -0.1) is 0 Å². The Bertz CT molecular complexity index is 1840. The molecule has 0 saturated carbocycles. The van der Waals surface area contributed by atoms with E-state index in [-0.39, 0.29) is 18.3 Å². The number of halogens is 1. The van der Waals surface area contributed by atoms with Crippen LogP contribution in [0, 0.1) is 13.8 Å². The Balaban J connectivity index is 1.27. The average Bonchev–Trinajstić information content (AvgIpc) is 3.79. The van der Waals surface area contributed by atoms with Crippen molar-refractivity contribution in [2.45, 2.75) is 71.3 Å². The number of aromatic nitrogens is 6. The van der Waals surface area contributed by atoms with Crippen molar-refractivity contribution in [2.24, 2.45) is 0 Å². The van der Waals surface area contributed by atoms with Crippen molar-refractivity contribution in [1.82, 2.24) is 29.1 Å². The van der Waals surface area contributed by atoms with Crippen LogP contribution in [-0.2, 0) is 20.6 Å². The van der Waals surface area contributed by atoms with E-state index < -0.39 is 30.4 Å². The fraction of sp³-hybridized carbons (Fsp3) is 0.353. The Kier molecular flexibility index (Phi) is 9.41. The molecule has 1 fully saturated rings. The first-order valence-corrected chi connectivity index (χ1v) is 15.8. The highest BCUT2D eigenvalue weighted by Gasteiger charge is 2.41. The van der Waals surface area contributed by atoms with Gasteiger partial charge < -0.3 is 14.2 Å². The minimum atomic E-state index is -0.748. The van der Waals surface area contributed by atoms with Crippen LogP contribution < -0.4 is 0 Å². The van der Waals surface area contributed by atoms with Crippen LogP contribution in [0.2, 0.25) is 5.28 Å². The van der Waals surface area contributed by atoms with Gasteiger partial charge in [0.2, 0.25) is 5.28 Å². The molecular weight excluding hydrogens is 608 g/mol. The molecule has 0 bridgehead atoms. The predicted molar refractivity (Wildman–Crippen MR) is 171 cm³/mol. The Labute approximate surface area is 271 Å². The maximum Gasteiger partial charge on any atom is 0.338 e. The Hall–Kier alpha value is -4.61. The monoisotopic (exact) mass is 642 g/mol. The zero-order valence-corrected chi connectivity index (χ0v) is 26.7. The van der Waals surface area contributed by atoms with Crippen LogP contribution in [0.15, 0.2) is 67.3 Å². The summed E-state index contributed by atoms with van der Waals surface area (Å²) in [7, 11) is 0. The minimum Gasteiger partial charge on any atom is -0.459 e. The van der Waals surface area contributed by atoms with E-state index in [0.717, 1.165) is 42.6 Å². The lowest BCUT2D eigenvalue weighted by atomic mass is 10.1. The summed E-state index contributed by atoms with van der Waals surface area (Å²) in [5.74, 6) is 0.377. The van der Waals surface area contributed by atoms with Gasteiger partial charge in [-0.3, -0.25) is 9.13 Å². The molecule has 0 aliphatic carbocycles. The number of nitrogens with zero attached hydrogens (tertiary/aromatic N) is 6. The number of aryl methyl sites for hydroxylation is 3. The molecule has 238 valence electrons. The molecule has 0 unspecified atom stereocenters. The second kappa shape index (κ2) is 13.8. The molecule has 4 heterocycles. The van der Waals surface area contributed by atoms with Gasteiger partial charge in [0.1, 0.15) is 30.9 Å². The van der Waals surface area contributed by atoms with Gasteiger partial charge in [-0.25, -0.2) is 19.6 Å². The summed E-state index contributed by atoms with van der Waals surface area (Å²) in [5.41, 5.74) is 3.86. The fourth-order valence-electron chi connectivity index (χ4n) is 5.47. The normalized spacial score (nSPS) is 17.8. The van der Waals surface area contributed by atoms with Gasteiger partial charge in [0.15, 0.2) is 17.0 Å². The number of hydrogen-bond donors (Lipinski definition) is 0. The van der Waals surface area contributed by atoms with Crippen LogP contribution >= 0.6 is 11.6 Å². The van der Waals surface area contributed by atoms with Crippen LogP contribution in [-0.4, -0.2) is 59.8 Å². The first-order valence-electron chi connectivity index (χ1n) is 15.4. The number of ether oxygens (including phenoxy) is 3. The summed E-state index contributed by atoms with van der Waals surface area (Å²) in [5, 5.41) is 0.0429. The van der Waals surface area contributed by atoms with E-state index in [1.807, 2.05) is 48.9 Å². The largest absolute Gasteiger partial charge is 0.459 e. The number of unbranched alkanes of at least 4 members (excludes halogenated alkanes) is 2. The quantitative estimate of drug-likeness (QED) is 0.0916. The number of benzene rings is 2. The zero-order valence-electron chi connectivity index (χ0n) is 25.9. The number of carbonyl (C=O) groups excluding carboxylic acids is 2. The van der Waals surface area contributed by atoms with Gasteiger partial charge in [0, 0.05) is 25.2 Å². The molecule has 0 spiro atoms. The molecule has 2 aromatic carbocycles. The SMILES string of the molecule is CCCCCc1nccn1-c1nc(Cl)nc2c1ncn2[C@@H]1C[C@H](OC(=O)c2ccc(C)cc2)[C@@H](COC(=O)c2ccc(C)cc2)O1. The van der Waals surface area contributed by atoms with Crippen molar-refractivity contribution in [1.29, 1.82) is 0 Å². The number of imidazole rings is 2. The van der Waals surface area contributed by atoms with E-state index in [1.54, 1.807) is 41.4 Å². The van der Waals surface area contributed by atoms with Crippen molar-refractivity contribution in [3.8, 4) is 5.82 Å². The van der Waals surface area contributed by atoms with Crippen molar-refractivity contribution in [2.75, 3.05) is 6.61 Å². The van der Waals surface area contributed by atoms with E-state index in [0.29, 0.717) is 28.1 Å². The Morgan fingerprint density at radius 2 is 1.65 bits per heavy atom. The predicted octanol–water partition coefficient (Wildman–Crippen LogP) is 6.39. The molecule has 11 nitrogen and oxygen atoms in total. The third kappa shape index (κ3) is 6.80. The average molecular weight is 643 g/mol. The summed E-state index contributed by atoms with van der Waals surface area (Å²) in [6, 6.07) is 14.2. The topological polar surface area (TPSA) is 123 Å². The highest BCUT2D eigenvalue weighted by atomic mass is 35.5. The summed E-state index contributed by atoms with van der Waals surface area (Å²) in [4.78, 5) is 44.2. The molecule has 0 radical (unpaired) electrons. The third-order valence-electron chi connectivity index (χ3n) is 8.03. The number of esters is 2. The molecule has 1 aliphatic heterocycles. The lowest BCUT2D eigenvalue weighted by Gasteiger charge is -2.19. The van der Waals surface area contributed by atoms with E-state index in [2.05, 4.69) is 26.9 Å². The molecule has 3 aromatic heterocycles. The van der Waals surface area contributed by atoms with Crippen LogP contribution in [0.25, 0.3) is 17.0 Å². The van der Waals surface area contributed by atoms with Gasteiger partial charge >= 0.3 is 11.9 Å². The number of carbonyl (C=O) groups is 2. The molecule has 12 heteroatoms. The molecule has 46 heavy (non-hydrogen) atoms. The molecule has 6 rings (SSSR count). The molecule has 1 aliphatic rings. The van der Waals surface area contributed by atoms with Crippen LogP contribution in [0.4, 0.5) is 0 Å². The van der Waals surface area contributed by atoms with Gasteiger partial charge in [0.05, 0.1) is 17.5 Å². The van der Waals surface area contributed by atoms with Crippen LogP contribution in [0.3, 0.4) is 0 Å². The van der Waals surface area contributed by atoms with Gasteiger partial charge in [-0.2, -0.15) is 9.97 Å². The first-order chi connectivity index (χ1) is 22.3. The summed E-state index contributed by atoms with van der Waals surface area (Å²) in [6.45, 7) is 5.92. The highest BCUT2D eigenvalue weighted by Crippen LogP contribution is 2.35. The summed E-state index contributed by atoms with van der Waals surface area (Å²) < 4.78 is 21.6. The molecule has 3 atom stereocenters. The van der Waals surface area contributed by atoms with Gasteiger partial charge in [-0.1, -0.05) is 55.2 Å². The number of rotatable bonds is 11. The maximum atomic E-state index is 13.1. The van der Waals surface area contributed by atoms with Crippen molar-refractivity contribution in [3.05, 3.63) is 101 Å². The van der Waals surface area contributed by atoms with Gasteiger partial charge in [0.25, 0.3) is 0 Å². The minimum absolute atomic E-state index is 0.0429. The lowest BCUT2D eigenvalue weighted by molar-refractivity contribution is -0.0563. The van der Waals surface area contributed by atoms with E-state index in [1.165, 1.54) is 0 Å². The number of hydrogen-bond acceptors (Lipinski definition) is 9. The van der Waals surface area contributed by atoms with Crippen molar-refractivity contribution >= 4 is 34.7 Å². The highest BCUT2D eigenvalue weighted by molar-refractivity contribution is 6.28. The van der Waals surface area contributed by atoms with Crippen LogP contribution in [0.5, 0.6) is 0 Å².